The first-order valence-electron chi connectivity index (χ1n) is 5.16. The molecule has 2 rings (SSSR count). The second-order valence-corrected chi connectivity index (χ2v) is 4.64. The molecule has 1 saturated heterocycles. The summed E-state index contributed by atoms with van der Waals surface area (Å²) < 4.78 is 9.41. The predicted octanol–water partition coefficient (Wildman–Crippen LogP) is 0.731. The highest BCUT2D eigenvalue weighted by molar-refractivity contribution is 7.09. The number of nitrogen functional groups attached to an aromatic ring is 1. The molecule has 0 bridgehead atoms. The molecule has 6 heteroatoms. The van der Waals surface area contributed by atoms with E-state index in [4.69, 9.17) is 10.5 Å². The molecule has 1 aliphatic heterocycles. The Balaban J connectivity index is 1.96. The Hall–Kier alpha value is -0.720. The van der Waals surface area contributed by atoms with Crippen LogP contribution >= 0.6 is 11.5 Å². The third kappa shape index (κ3) is 2.87. The molecular formula is C9H16N4OS. The zero-order valence-electron chi connectivity index (χ0n) is 8.85. The summed E-state index contributed by atoms with van der Waals surface area (Å²) in [4.78, 5) is 2.32. The maximum Gasteiger partial charge on any atom is 0.132 e. The highest BCUT2D eigenvalue weighted by atomic mass is 32.1. The Morgan fingerprint density at radius 1 is 1.67 bits per heavy atom. The smallest absolute Gasteiger partial charge is 0.132 e. The van der Waals surface area contributed by atoms with E-state index < -0.39 is 0 Å². The van der Waals surface area contributed by atoms with E-state index in [0.29, 0.717) is 6.10 Å². The van der Waals surface area contributed by atoms with Gasteiger partial charge < -0.3 is 10.5 Å². The molecule has 1 fully saturated rings. The van der Waals surface area contributed by atoms with Gasteiger partial charge in [-0.05, 0) is 13.3 Å². The number of nitrogens with zero attached hydrogens (tertiary/aromatic N) is 3. The number of ether oxygens (including phenoxy) is 1. The Morgan fingerprint density at radius 2 is 2.53 bits per heavy atom. The molecule has 0 aliphatic carbocycles. The van der Waals surface area contributed by atoms with Gasteiger partial charge in [-0.25, -0.2) is 0 Å². The van der Waals surface area contributed by atoms with Crippen molar-refractivity contribution in [1.29, 1.82) is 0 Å². The lowest BCUT2D eigenvalue weighted by atomic mass is 10.3. The first-order chi connectivity index (χ1) is 7.25. The minimum absolute atomic E-state index is 0.292. The van der Waals surface area contributed by atoms with Crippen molar-refractivity contribution in [3.05, 3.63) is 5.69 Å². The maximum atomic E-state index is 5.77. The van der Waals surface area contributed by atoms with E-state index in [1.807, 2.05) is 0 Å². The fourth-order valence-corrected chi connectivity index (χ4v) is 2.20. The second kappa shape index (κ2) is 4.87. The van der Waals surface area contributed by atoms with Gasteiger partial charge in [0.05, 0.1) is 6.10 Å². The van der Waals surface area contributed by atoms with Crippen LogP contribution in [0.1, 0.15) is 19.0 Å². The van der Waals surface area contributed by atoms with Crippen molar-refractivity contribution in [2.24, 2.45) is 0 Å². The molecule has 0 amide bonds. The molecule has 0 radical (unpaired) electrons. The van der Waals surface area contributed by atoms with Crippen LogP contribution in [0.5, 0.6) is 0 Å². The normalized spacial score (nSPS) is 23.9. The van der Waals surface area contributed by atoms with Gasteiger partial charge in [0.15, 0.2) is 0 Å². The number of anilines is 1. The SMILES string of the molecule is CC1CN(Cc2nnsc2N)CCCO1. The third-order valence-corrected chi connectivity index (χ3v) is 3.09. The predicted molar refractivity (Wildman–Crippen MR) is 59.6 cm³/mol. The largest absolute Gasteiger partial charge is 0.388 e. The first kappa shape index (κ1) is 10.8. The lowest BCUT2D eigenvalue weighted by molar-refractivity contribution is 0.0666. The van der Waals surface area contributed by atoms with Crippen molar-refractivity contribution >= 4 is 16.5 Å². The molecule has 2 heterocycles. The van der Waals surface area contributed by atoms with Crippen molar-refractivity contribution in [3.8, 4) is 0 Å². The molecule has 0 aromatic carbocycles. The molecule has 0 saturated carbocycles. The highest BCUT2D eigenvalue weighted by Crippen LogP contribution is 2.16. The van der Waals surface area contributed by atoms with Gasteiger partial charge in [0.25, 0.3) is 0 Å². The Morgan fingerprint density at radius 3 is 3.27 bits per heavy atom. The standard InChI is InChI=1S/C9H16N4OS/c1-7-5-13(3-2-4-14-7)6-8-9(10)15-12-11-8/h7H,2-6,10H2,1H3. The molecule has 0 spiro atoms. The average Bonchev–Trinajstić information content (AvgIpc) is 2.48. The number of hydrogen-bond acceptors (Lipinski definition) is 6. The van der Waals surface area contributed by atoms with Gasteiger partial charge >= 0.3 is 0 Å². The van der Waals surface area contributed by atoms with Crippen LogP contribution < -0.4 is 5.73 Å². The monoisotopic (exact) mass is 228 g/mol. The summed E-state index contributed by atoms with van der Waals surface area (Å²) in [6.07, 6.45) is 1.36. The number of aromatic nitrogens is 2. The van der Waals surface area contributed by atoms with Gasteiger partial charge in [-0.3, -0.25) is 4.90 Å². The van der Waals surface area contributed by atoms with Crippen LogP contribution in [0, 0.1) is 0 Å². The van der Waals surface area contributed by atoms with Crippen LogP contribution in [-0.4, -0.2) is 40.3 Å². The summed E-state index contributed by atoms with van der Waals surface area (Å²) in [6, 6.07) is 0. The van der Waals surface area contributed by atoms with E-state index in [2.05, 4.69) is 21.4 Å². The van der Waals surface area contributed by atoms with Gasteiger partial charge in [-0.1, -0.05) is 4.49 Å². The summed E-state index contributed by atoms with van der Waals surface area (Å²) in [5.74, 6) is 0. The highest BCUT2D eigenvalue weighted by Gasteiger charge is 2.17. The van der Waals surface area contributed by atoms with Gasteiger partial charge in [0, 0.05) is 37.8 Å². The molecule has 1 aliphatic rings. The van der Waals surface area contributed by atoms with Gasteiger partial charge in [-0.15, -0.1) is 5.10 Å². The number of nitrogens with two attached hydrogens (primary N) is 1. The quantitative estimate of drug-likeness (QED) is 0.808. The van der Waals surface area contributed by atoms with Crippen molar-refractivity contribution in [3.63, 3.8) is 0 Å². The molecule has 1 aromatic rings. The molecule has 84 valence electrons. The summed E-state index contributed by atoms with van der Waals surface area (Å²) in [7, 11) is 0. The molecule has 1 aromatic heterocycles. The fraction of sp³-hybridized carbons (Fsp3) is 0.778. The van der Waals surface area contributed by atoms with Gasteiger partial charge in [0.1, 0.15) is 10.7 Å². The van der Waals surface area contributed by atoms with Crippen LogP contribution in [0.25, 0.3) is 0 Å². The van der Waals surface area contributed by atoms with Crippen molar-refractivity contribution in [2.45, 2.75) is 26.0 Å². The first-order valence-corrected chi connectivity index (χ1v) is 5.93. The Kier molecular flexibility index (Phi) is 3.50. The van der Waals surface area contributed by atoms with Gasteiger partial charge in [-0.2, -0.15) is 0 Å². The molecular weight excluding hydrogens is 212 g/mol. The van der Waals surface area contributed by atoms with Gasteiger partial charge in [0.2, 0.25) is 0 Å². The molecule has 1 unspecified atom stereocenters. The maximum absolute atomic E-state index is 5.77. The fourth-order valence-electron chi connectivity index (χ4n) is 1.76. The summed E-state index contributed by atoms with van der Waals surface area (Å²) in [6.45, 7) is 5.72. The molecule has 1 atom stereocenters. The summed E-state index contributed by atoms with van der Waals surface area (Å²) >= 11 is 1.26. The number of hydrogen-bond donors (Lipinski definition) is 1. The van der Waals surface area contributed by atoms with E-state index in [0.717, 1.165) is 43.4 Å². The van der Waals surface area contributed by atoms with Crippen LogP contribution in [0.3, 0.4) is 0 Å². The third-order valence-electron chi connectivity index (χ3n) is 2.49. The van der Waals surface area contributed by atoms with Crippen molar-refractivity contribution < 1.29 is 4.74 Å². The van der Waals surface area contributed by atoms with Crippen LogP contribution in [0.4, 0.5) is 5.00 Å². The summed E-state index contributed by atoms with van der Waals surface area (Å²) in [5.41, 5.74) is 6.66. The Labute approximate surface area is 93.4 Å². The molecule has 2 N–H and O–H groups in total. The Bertz CT molecular complexity index is 317. The van der Waals surface area contributed by atoms with Crippen molar-refractivity contribution in [2.75, 3.05) is 25.4 Å². The van der Waals surface area contributed by atoms with Crippen LogP contribution in [0.15, 0.2) is 0 Å². The second-order valence-electron chi connectivity index (χ2n) is 3.85. The van der Waals surface area contributed by atoms with E-state index in [-0.39, 0.29) is 0 Å². The van der Waals surface area contributed by atoms with Crippen LogP contribution in [0.2, 0.25) is 0 Å². The molecule has 15 heavy (non-hydrogen) atoms. The number of rotatable bonds is 2. The lowest BCUT2D eigenvalue weighted by Crippen LogP contribution is -2.30. The van der Waals surface area contributed by atoms with E-state index in [1.165, 1.54) is 11.5 Å². The lowest BCUT2D eigenvalue weighted by Gasteiger charge is -2.20. The van der Waals surface area contributed by atoms with E-state index in [1.54, 1.807) is 0 Å². The minimum atomic E-state index is 0.292. The molecule has 5 nitrogen and oxygen atoms in total. The minimum Gasteiger partial charge on any atom is -0.388 e. The van der Waals surface area contributed by atoms with Crippen molar-refractivity contribution in [1.82, 2.24) is 14.5 Å². The zero-order valence-corrected chi connectivity index (χ0v) is 9.66. The topological polar surface area (TPSA) is 64.3 Å². The van der Waals surface area contributed by atoms with Crippen LogP contribution in [-0.2, 0) is 11.3 Å². The summed E-state index contributed by atoms with van der Waals surface area (Å²) in [5, 5.41) is 4.76. The zero-order chi connectivity index (χ0) is 10.7. The average molecular weight is 228 g/mol. The van der Waals surface area contributed by atoms with E-state index in [9.17, 15) is 0 Å². The van der Waals surface area contributed by atoms with E-state index >= 15 is 0 Å².